The van der Waals surface area contributed by atoms with Crippen molar-refractivity contribution in [2.24, 2.45) is 5.92 Å². The Hall–Kier alpha value is -3.39. The molecule has 0 saturated carbocycles. The maximum atomic E-state index is 13.4. The van der Waals surface area contributed by atoms with Crippen molar-refractivity contribution in [3.63, 3.8) is 0 Å². The predicted molar refractivity (Wildman–Crippen MR) is 135 cm³/mol. The van der Waals surface area contributed by atoms with Crippen LogP contribution in [0.3, 0.4) is 0 Å². The van der Waals surface area contributed by atoms with Crippen LogP contribution in [0.1, 0.15) is 25.8 Å². The average Bonchev–Trinajstić information content (AvgIpc) is 2.86. The number of carbonyl (C=O) groups is 1. The Morgan fingerprint density at radius 1 is 0.971 bits per heavy atom. The normalized spacial score (nSPS) is 12.1. The maximum absolute atomic E-state index is 13.4. The van der Waals surface area contributed by atoms with E-state index in [1.54, 1.807) is 24.3 Å². The number of benzene rings is 3. The number of anilines is 1. The first-order valence-corrected chi connectivity index (χ1v) is 13.1. The van der Waals surface area contributed by atoms with E-state index >= 15 is 0 Å². The van der Waals surface area contributed by atoms with Gasteiger partial charge in [-0.1, -0.05) is 43.7 Å². The summed E-state index contributed by atoms with van der Waals surface area (Å²) >= 11 is 0. The van der Waals surface area contributed by atoms with Crippen molar-refractivity contribution in [1.82, 2.24) is 5.32 Å². The molecule has 0 radical (unpaired) electrons. The number of nitrogens with zero attached hydrogens (tertiary/aromatic N) is 1. The van der Waals surface area contributed by atoms with Gasteiger partial charge < -0.3 is 10.1 Å². The standard InChI is InChI=1S/C27H31FN2O4S/c1-3-21(18-22-8-6-5-7-9-22)19-29-27(31)20-30(24-12-14-25(15-13-24)34-4-2)35(32,33)26-16-10-23(28)11-17-26/h5-17,21H,3-4,18-20H2,1-2H3,(H,29,31). The molecule has 0 bridgehead atoms. The summed E-state index contributed by atoms with van der Waals surface area (Å²) in [5.74, 6) is -0.157. The summed E-state index contributed by atoms with van der Waals surface area (Å²) in [6.45, 7) is 4.41. The van der Waals surface area contributed by atoms with Crippen LogP contribution in [0.4, 0.5) is 10.1 Å². The summed E-state index contributed by atoms with van der Waals surface area (Å²) in [5, 5.41) is 2.89. The van der Waals surface area contributed by atoms with Gasteiger partial charge in [-0.3, -0.25) is 9.10 Å². The van der Waals surface area contributed by atoms with Crippen molar-refractivity contribution >= 4 is 21.6 Å². The van der Waals surface area contributed by atoms with Gasteiger partial charge in [-0.05, 0) is 73.4 Å². The molecule has 1 unspecified atom stereocenters. The minimum absolute atomic E-state index is 0.101. The lowest BCUT2D eigenvalue weighted by atomic mass is 9.97. The molecule has 8 heteroatoms. The van der Waals surface area contributed by atoms with E-state index in [9.17, 15) is 17.6 Å². The number of amides is 1. The lowest BCUT2D eigenvalue weighted by molar-refractivity contribution is -0.119. The van der Waals surface area contributed by atoms with Crippen molar-refractivity contribution in [1.29, 1.82) is 0 Å². The first kappa shape index (κ1) is 26.2. The largest absolute Gasteiger partial charge is 0.494 e. The number of carbonyl (C=O) groups excluding carboxylic acids is 1. The van der Waals surface area contributed by atoms with Gasteiger partial charge in [0.05, 0.1) is 17.2 Å². The van der Waals surface area contributed by atoms with Crippen LogP contribution in [0.25, 0.3) is 0 Å². The molecule has 0 spiro atoms. The third-order valence-electron chi connectivity index (χ3n) is 5.66. The van der Waals surface area contributed by atoms with Gasteiger partial charge >= 0.3 is 0 Å². The molecule has 0 aliphatic rings. The second-order valence-electron chi connectivity index (χ2n) is 8.16. The molecule has 1 N–H and O–H groups in total. The minimum Gasteiger partial charge on any atom is -0.494 e. The van der Waals surface area contributed by atoms with Gasteiger partial charge in [-0.15, -0.1) is 0 Å². The van der Waals surface area contributed by atoms with Gasteiger partial charge in [0.1, 0.15) is 18.1 Å². The third kappa shape index (κ3) is 7.29. The van der Waals surface area contributed by atoms with Gasteiger partial charge in [0, 0.05) is 6.54 Å². The third-order valence-corrected chi connectivity index (χ3v) is 7.45. The number of hydrogen-bond donors (Lipinski definition) is 1. The summed E-state index contributed by atoms with van der Waals surface area (Å²) in [6.07, 6.45) is 1.68. The highest BCUT2D eigenvalue weighted by atomic mass is 32.2. The number of hydrogen-bond acceptors (Lipinski definition) is 4. The van der Waals surface area contributed by atoms with E-state index in [1.165, 1.54) is 17.7 Å². The monoisotopic (exact) mass is 498 g/mol. The van der Waals surface area contributed by atoms with E-state index in [2.05, 4.69) is 12.2 Å². The fraction of sp³-hybridized carbons (Fsp3) is 0.296. The van der Waals surface area contributed by atoms with Crippen molar-refractivity contribution < 1.29 is 22.3 Å². The van der Waals surface area contributed by atoms with Gasteiger partial charge in [-0.2, -0.15) is 0 Å². The number of nitrogens with one attached hydrogen (secondary N) is 1. The van der Waals surface area contributed by atoms with Gasteiger partial charge in [0.25, 0.3) is 10.0 Å². The van der Waals surface area contributed by atoms with E-state index in [4.69, 9.17) is 4.74 Å². The Morgan fingerprint density at radius 3 is 2.23 bits per heavy atom. The second kappa shape index (κ2) is 12.4. The SMILES string of the molecule is CCOc1ccc(N(CC(=O)NCC(CC)Cc2ccccc2)S(=O)(=O)c2ccc(F)cc2)cc1. The van der Waals surface area contributed by atoms with E-state index < -0.39 is 28.3 Å². The summed E-state index contributed by atoms with van der Waals surface area (Å²) in [4.78, 5) is 12.8. The van der Waals surface area contributed by atoms with Crippen LogP contribution in [-0.4, -0.2) is 34.0 Å². The molecule has 1 atom stereocenters. The molecule has 3 aromatic rings. The lowest BCUT2D eigenvalue weighted by Crippen LogP contribution is -2.42. The molecule has 6 nitrogen and oxygen atoms in total. The molecule has 0 heterocycles. The van der Waals surface area contributed by atoms with Gasteiger partial charge in [0.2, 0.25) is 5.91 Å². The topological polar surface area (TPSA) is 75.7 Å². The van der Waals surface area contributed by atoms with Crippen molar-refractivity contribution in [2.75, 3.05) is 24.0 Å². The first-order chi connectivity index (χ1) is 16.8. The Bertz CT molecular complexity index is 1180. The van der Waals surface area contributed by atoms with E-state index in [-0.39, 0.29) is 10.8 Å². The average molecular weight is 499 g/mol. The molecule has 186 valence electrons. The quantitative estimate of drug-likeness (QED) is 0.389. The number of rotatable bonds is 12. The second-order valence-corrected chi connectivity index (χ2v) is 10.0. The van der Waals surface area contributed by atoms with Crippen LogP contribution < -0.4 is 14.4 Å². The predicted octanol–water partition coefficient (Wildman–Crippen LogP) is 4.80. The summed E-state index contributed by atoms with van der Waals surface area (Å²) in [5.41, 5.74) is 1.49. The summed E-state index contributed by atoms with van der Waals surface area (Å²) in [7, 11) is -4.12. The van der Waals surface area contributed by atoms with Crippen molar-refractivity contribution in [3.05, 3.63) is 90.2 Å². The Labute approximate surface area is 206 Å². The molecule has 0 aromatic heterocycles. The van der Waals surface area contributed by atoms with Crippen molar-refractivity contribution in [2.45, 2.75) is 31.6 Å². The first-order valence-electron chi connectivity index (χ1n) is 11.6. The van der Waals surface area contributed by atoms with Crippen LogP contribution in [0.2, 0.25) is 0 Å². The van der Waals surface area contributed by atoms with E-state index in [0.29, 0.717) is 24.6 Å². The number of ether oxygens (including phenoxy) is 1. The highest BCUT2D eigenvalue weighted by Gasteiger charge is 2.27. The molecular formula is C27H31FN2O4S. The molecule has 3 aromatic carbocycles. The Morgan fingerprint density at radius 2 is 1.63 bits per heavy atom. The maximum Gasteiger partial charge on any atom is 0.264 e. The van der Waals surface area contributed by atoms with Gasteiger partial charge in [0.15, 0.2) is 0 Å². The number of sulfonamides is 1. The highest BCUT2D eigenvalue weighted by molar-refractivity contribution is 7.92. The van der Waals surface area contributed by atoms with E-state index in [0.717, 1.165) is 29.3 Å². The van der Waals surface area contributed by atoms with Crippen LogP contribution in [0, 0.1) is 11.7 Å². The van der Waals surface area contributed by atoms with E-state index in [1.807, 2.05) is 37.3 Å². The molecule has 0 aliphatic heterocycles. The zero-order chi connectivity index (χ0) is 25.3. The Balaban J connectivity index is 1.78. The smallest absolute Gasteiger partial charge is 0.264 e. The molecule has 3 rings (SSSR count). The molecule has 0 aliphatic carbocycles. The zero-order valence-corrected chi connectivity index (χ0v) is 20.8. The minimum atomic E-state index is -4.12. The van der Waals surface area contributed by atoms with Crippen LogP contribution >= 0.6 is 0 Å². The van der Waals surface area contributed by atoms with Crippen LogP contribution in [-0.2, 0) is 21.2 Å². The number of halogens is 1. The summed E-state index contributed by atoms with van der Waals surface area (Å²) in [6, 6.07) is 21.0. The molecule has 35 heavy (non-hydrogen) atoms. The highest BCUT2D eigenvalue weighted by Crippen LogP contribution is 2.26. The van der Waals surface area contributed by atoms with Gasteiger partial charge in [-0.25, -0.2) is 12.8 Å². The zero-order valence-electron chi connectivity index (χ0n) is 20.0. The molecule has 1 amide bonds. The lowest BCUT2D eigenvalue weighted by Gasteiger charge is -2.25. The van der Waals surface area contributed by atoms with Crippen LogP contribution in [0.15, 0.2) is 83.8 Å². The molecule has 0 fully saturated rings. The fourth-order valence-electron chi connectivity index (χ4n) is 3.68. The summed E-state index contributed by atoms with van der Waals surface area (Å²) < 4.78 is 46.7. The molecular weight excluding hydrogens is 467 g/mol. The molecule has 0 saturated heterocycles. The van der Waals surface area contributed by atoms with Crippen molar-refractivity contribution in [3.8, 4) is 5.75 Å². The fourth-order valence-corrected chi connectivity index (χ4v) is 5.10. The van der Waals surface area contributed by atoms with Crippen LogP contribution in [0.5, 0.6) is 5.75 Å². The Kier molecular flexibility index (Phi) is 9.25.